The lowest BCUT2D eigenvalue weighted by molar-refractivity contribution is -0.148. The van der Waals surface area contributed by atoms with Crippen LogP contribution in [-0.4, -0.2) is 25.1 Å². The molecule has 0 bridgehead atoms. The molecule has 2 rings (SSSR count). The molecule has 0 aliphatic carbocycles. The van der Waals surface area contributed by atoms with Gasteiger partial charge < -0.3 is 14.8 Å². The Balaban J connectivity index is 1.95. The third kappa shape index (κ3) is 5.32. The van der Waals surface area contributed by atoms with Gasteiger partial charge in [0.05, 0.1) is 17.8 Å². The Bertz CT molecular complexity index is 838. The van der Waals surface area contributed by atoms with Gasteiger partial charge in [-0.05, 0) is 37.3 Å². The van der Waals surface area contributed by atoms with E-state index in [1.165, 1.54) is 32.3 Å². The summed E-state index contributed by atoms with van der Waals surface area (Å²) in [6.45, 7) is 1.42. The SMILES string of the molecule is COc1ccccc1/C=C/C(=O)O[C@@H](C)C(=O)Nc1ccc(F)cc1Cl. The molecule has 0 radical (unpaired) electrons. The number of benzene rings is 2. The van der Waals surface area contributed by atoms with Crippen molar-refractivity contribution < 1.29 is 23.5 Å². The van der Waals surface area contributed by atoms with E-state index in [-0.39, 0.29) is 10.7 Å². The molecule has 1 atom stereocenters. The van der Waals surface area contributed by atoms with Gasteiger partial charge in [0.2, 0.25) is 0 Å². The standard InChI is InChI=1S/C19H17ClFNO4/c1-12(19(24)22-16-9-8-14(21)11-15(16)20)26-18(23)10-7-13-5-3-4-6-17(13)25-2/h3-12H,1-2H3,(H,22,24)/b10-7+/t12-/m0/s1. The van der Waals surface area contributed by atoms with Crippen molar-refractivity contribution in [1.82, 2.24) is 0 Å². The summed E-state index contributed by atoms with van der Waals surface area (Å²) in [6.07, 6.45) is 1.67. The highest BCUT2D eigenvalue weighted by Gasteiger charge is 2.18. The fraction of sp³-hybridized carbons (Fsp3) is 0.158. The van der Waals surface area contributed by atoms with Gasteiger partial charge in [-0.15, -0.1) is 0 Å². The maximum atomic E-state index is 13.0. The van der Waals surface area contributed by atoms with Crippen molar-refractivity contribution in [2.24, 2.45) is 0 Å². The Morgan fingerprint density at radius 3 is 2.65 bits per heavy atom. The number of nitrogens with one attached hydrogen (secondary N) is 1. The number of rotatable bonds is 6. The second-order valence-corrected chi connectivity index (χ2v) is 5.68. The average Bonchev–Trinajstić information content (AvgIpc) is 2.62. The predicted molar refractivity (Wildman–Crippen MR) is 97.6 cm³/mol. The largest absolute Gasteiger partial charge is 0.496 e. The fourth-order valence-electron chi connectivity index (χ4n) is 2.05. The molecule has 0 fully saturated rings. The summed E-state index contributed by atoms with van der Waals surface area (Å²) >= 11 is 5.84. The quantitative estimate of drug-likeness (QED) is 0.608. The Hall–Kier alpha value is -2.86. The van der Waals surface area contributed by atoms with E-state index in [1.54, 1.807) is 18.2 Å². The van der Waals surface area contributed by atoms with Crippen LogP contribution < -0.4 is 10.1 Å². The third-order valence-corrected chi connectivity index (χ3v) is 3.70. The third-order valence-electron chi connectivity index (χ3n) is 3.39. The minimum atomic E-state index is -1.06. The van der Waals surface area contributed by atoms with Gasteiger partial charge in [0.15, 0.2) is 6.10 Å². The number of hydrogen-bond donors (Lipinski definition) is 1. The van der Waals surface area contributed by atoms with E-state index in [1.807, 2.05) is 6.07 Å². The predicted octanol–water partition coefficient (Wildman–Crippen LogP) is 4.07. The van der Waals surface area contributed by atoms with Crippen molar-refractivity contribution in [2.75, 3.05) is 12.4 Å². The molecule has 1 amide bonds. The lowest BCUT2D eigenvalue weighted by Crippen LogP contribution is -2.29. The maximum absolute atomic E-state index is 13.0. The number of esters is 1. The van der Waals surface area contributed by atoms with Gasteiger partial charge in [0, 0.05) is 11.6 Å². The highest BCUT2D eigenvalue weighted by atomic mass is 35.5. The molecule has 5 nitrogen and oxygen atoms in total. The van der Waals surface area contributed by atoms with Gasteiger partial charge >= 0.3 is 5.97 Å². The zero-order valence-electron chi connectivity index (χ0n) is 14.2. The molecule has 2 aromatic rings. The molecule has 0 aromatic heterocycles. The Morgan fingerprint density at radius 1 is 1.23 bits per heavy atom. The van der Waals surface area contributed by atoms with Crippen LogP contribution in [0.25, 0.3) is 6.08 Å². The summed E-state index contributed by atoms with van der Waals surface area (Å²) in [6, 6.07) is 10.7. The molecule has 0 unspecified atom stereocenters. The zero-order valence-corrected chi connectivity index (χ0v) is 14.9. The Labute approximate surface area is 155 Å². The van der Waals surface area contributed by atoms with Gasteiger partial charge in [-0.3, -0.25) is 4.79 Å². The first-order chi connectivity index (χ1) is 12.4. The van der Waals surface area contributed by atoms with Crippen molar-refractivity contribution in [2.45, 2.75) is 13.0 Å². The lowest BCUT2D eigenvalue weighted by Gasteiger charge is -2.13. The van der Waals surface area contributed by atoms with Gasteiger partial charge in [-0.2, -0.15) is 0 Å². The zero-order chi connectivity index (χ0) is 19.1. The first-order valence-electron chi connectivity index (χ1n) is 7.68. The van der Waals surface area contributed by atoms with Crippen molar-refractivity contribution in [1.29, 1.82) is 0 Å². The summed E-state index contributed by atoms with van der Waals surface area (Å²) < 4.78 is 23.2. The summed E-state index contributed by atoms with van der Waals surface area (Å²) in [5.74, 6) is -1.19. The highest BCUT2D eigenvalue weighted by molar-refractivity contribution is 6.33. The minimum Gasteiger partial charge on any atom is -0.496 e. The normalized spacial score (nSPS) is 11.8. The van der Waals surface area contributed by atoms with Crippen LogP contribution in [0, 0.1) is 5.82 Å². The number of halogens is 2. The number of hydrogen-bond acceptors (Lipinski definition) is 4. The second kappa shape index (κ2) is 9.01. The highest BCUT2D eigenvalue weighted by Crippen LogP contribution is 2.23. The van der Waals surface area contributed by atoms with E-state index in [2.05, 4.69) is 5.32 Å². The second-order valence-electron chi connectivity index (χ2n) is 5.27. The number of para-hydroxylation sites is 1. The van der Waals surface area contributed by atoms with Crippen LogP contribution in [-0.2, 0) is 14.3 Å². The topological polar surface area (TPSA) is 64.6 Å². The van der Waals surface area contributed by atoms with Gasteiger partial charge in [0.25, 0.3) is 5.91 Å². The van der Waals surface area contributed by atoms with Gasteiger partial charge in [0.1, 0.15) is 11.6 Å². The van der Waals surface area contributed by atoms with E-state index in [9.17, 15) is 14.0 Å². The smallest absolute Gasteiger partial charge is 0.331 e. The minimum absolute atomic E-state index is 0.0490. The summed E-state index contributed by atoms with van der Waals surface area (Å²) in [5, 5.41) is 2.52. The van der Waals surface area contributed by atoms with Crippen LogP contribution >= 0.6 is 11.6 Å². The first-order valence-corrected chi connectivity index (χ1v) is 8.06. The van der Waals surface area contributed by atoms with Crippen molar-refractivity contribution in [3.8, 4) is 5.75 Å². The maximum Gasteiger partial charge on any atom is 0.331 e. The van der Waals surface area contributed by atoms with Crippen LogP contribution in [0.2, 0.25) is 5.02 Å². The molecule has 0 aliphatic rings. The molecule has 26 heavy (non-hydrogen) atoms. The van der Waals surface area contributed by atoms with Crippen molar-refractivity contribution >= 4 is 35.2 Å². The van der Waals surface area contributed by atoms with Crippen LogP contribution in [0.5, 0.6) is 5.75 Å². The summed E-state index contributed by atoms with van der Waals surface area (Å²) in [4.78, 5) is 24.0. The number of amides is 1. The van der Waals surface area contributed by atoms with E-state index >= 15 is 0 Å². The molecular formula is C19H17ClFNO4. The molecule has 0 aliphatic heterocycles. The lowest BCUT2D eigenvalue weighted by atomic mass is 10.2. The van der Waals surface area contributed by atoms with Crippen molar-refractivity contribution in [3.63, 3.8) is 0 Å². The average molecular weight is 378 g/mol. The van der Waals surface area contributed by atoms with E-state index in [0.29, 0.717) is 11.3 Å². The van der Waals surface area contributed by atoms with E-state index < -0.39 is 23.8 Å². The number of ether oxygens (including phenoxy) is 2. The monoisotopic (exact) mass is 377 g/mol. The van der Waals surface area contributed by atoms with Crippen LogP contribution in [0.1, 0.15) is 12.5 Å². The van der Waals surface area contributed by atoms with Gasteiger partial charge in [-0.1, -0.05) is 29.8 Å². The summed E-state index contributed by atoms with van der Waals surface area (Å²) in [5.41, 5.74) is 0.924. The molecule has 2 aromatic carbocycles. The molecule has 0 spiro atoms. The molecular weight excluding hydrogens is 361 g/mol. The Kier molecular flexibility index (Phi) is 6.74. The van der Waals surface area contributed by atoms with Crippen LogP contribution in [0.15, 0.2) is 48.5 Å². The van der Waals surface area contributed by atoms with Gasteiger partial charge in [-0.25, -0.2) is 9.18 Å². The molecule has 7 heteroatoms. The van der Waals surface area contributed by atoms with E-state index in [4.69, 9.17) is 21.1 Å². The van der Waals surface area contributed by atoms with Crippen LogP contribution in [0.3, 0.4) is 0 Å². The fourth-order valence-corrected chi connectivity index (χ4v) is 2.27. The molecule has 0 saturated heterocycles. The number of carbonyl (C=O) groups is 2. The number of anilines is 1. The van der Waals surface area contributed by atoms with E-state index in [0.717, 1.165) is 12.1 Å². The summed E-state index contributed by atoms with van der Waals surface area (Å²) in [7, 11) is 1.53. The number of carbonyl (C=O) groups excluding carboxylic acids is 2. The number of methoxy groups -OCH3 is 1. The molecule has 0 heterocycles. The first kappa shape index (κ1) is 19.5. The Morgan fingerprint density at radius 2 is 1.96 bits per heavy atom. The molecule has 136 valence electrons. The van der Waals surface area contributed by atoms with Crippen molar-refractivity contribution in [3.05, 3.63) is 64.9 Å². The molecule has 1 N–H and O–H groups in total. The molecule has 0 saturated carbocycles. The van der Waals surface area contributed by atoms with Crippen LogP contribution in [0.4, 0.5) is 10.1 Å².